The van der Waals surface area contributed by atoms with Crippen LogP contribution in [0.15, 0.2) is 42.5 Å². The molecule has 0 aliphatic carbocycles. The maximum absolute atomic E-state index is 13.1. The molecule has 2 aromatic rings. The average Bonchev–Trinajstić information content (AvgIpc) is 2.70. The van der Waals surface area contributed by atoms with Gasteiger partial charge in [-0.25, -0.2) is 0 Å². The van der Waals surface area contributed by atoms with Crippen LogP contribution in [0.2, 0.25) is 10.0 Å². The van der Waals surface area contributed by atoms with Crippen LogP contribution in [0.3, 0.4) is 0 Å². The Balaban J connectivity index is 2.20. The first-order chi connectivity index (χ1) is 14.9. The first kappa shape index (κ1) is 26.0. The van der Waals surface area contributed by atoms with Crippen LogP contribution in [0, 0.1) is 0 Å². The number of carbonyl (C=O) groups excluding carboxylic acids is 2. The van der Waals surface area contributed by atoms with E-state index in [1.165, 1.54) is 10.5 Å². The summed E-state index contributed by atoms with van der Waals surface area (Å²) in [6.07, 6.45) is 0. The molecule has 0 bridgehead atoms. The second-order valence-corrected chi connectivity index (χ2v) is 9.94. The van der Waals surface area contributed by atoms with Crippen LogP contribution < -0.4 is 10.1 Å². The molecular formula is C25H32Cl2N2O3. The Kier molecular flexibility index (Phi) is 8.99. The highest BCUT2D eigenvalue weighted by molar-refractivity contribution is 6.36. The standard InChI is InChI=1S/C25H32Cl2N2O3/c1-16(2)28-24(31)17(3)29(14-20-21(26)8-7-9-22(20)27)23(30)15-32-19-12-10-18(11-13-19)25(4,5)6/h7-13,16-17H,14-15H2,1-6H3,(H,28,31)/t17-/m0/s1. The Morgan fingerprint density at radius 3 is 2.06 bits per heavy atom. The van der Waals surface area contributed by atoms with Crippen molar-refractivity contribution in [3.63, 3.8) is 0 Å². The van der Waals surface area contributed by atoms with E-state index in [1.54, 1.807) is 25.1 Å². The topological polar surface area (TPSA) is 58.6 Å². The van der Waals surface area contributed by atoms with Gasteiger partial charge in [0.15, 0.2) is 6.61 Å². The maximum atomic E-state index is 13.1. The lowest BCUT2D eigenvalue weighted by Gasteiger charge is -2.30. The predicted octanol–water partition coefficient (Wildman–Crippen LogP) is 5.61. The quantitative estimate of drug-likeness (QED) is 0.535. The molecule has 0 unspecified atom stereocenters. The first-order valence-electron chi connectivity index (χ1n) is 10.7. The van der Waals surface area contributed by atoms with Crippen molar-refractivity contribution in [2.45, 2.75) is 65.6 Å². The fourth-order valence-electron chi connectivity index (χ4n) is 3.12. The van der Waals surface area contributed by atoms with Crippen molar-refractivity contribution in [3.05, 3.63) is 63.6 Å². The summed E-state index contributed by atoms with van der Waals surface area (Å²) < 4.78 is 5.74. The number of nitrogens with zero attached hydrogens (tertiary/aromatic N) is 1. The molecule has 0 heterocycles. The number of amides is 2. The van der Waals surface area contributed by atoms with Gasteiger partial charge in [0.2, 0.25) is 5.91 Å². The molecule has 1 atom stereocenters. The number of halogens is 2. The molecule has 174 valence electrons. The number of hydrogen-bond acceptors (Lipinski definition) is 3. The van der Waals surface area contributed by atoms with Gasteiger partial charge in [-0.3, -0.25) is 9.59 Å². The molecule has 32 heavy (non-hydrogen) atoms. The van der Waals surface area contributed by atoms with Crippen LogP contribution in [0.25, 0.3) is 0 Å². The van der Waals surface area contributed by atoms with Gasteiger partial charge in [-0.15, -0.1) is 0 Å². The molecule has 0 spiro atoms. The fourth-order valence-corrected chi connectivity index (χ4v) is 3.64. The van der Waals surface area contributed by atoms with Crippen molar-refractivity contribution < 1.29 is 14.3 Å². The van der Waals surface area contributed by atoms with E-state index in [0.29, 0.717) is 21.4 Å². The summed E-state index contributed by atoms with van der Waals surface area (Å²) >= 11 is 12.6. The second-order valence-electron chi connectivity index (χ2n) is 9.12. The molecule has 0 saturated carbocycles. The number of benzene rings is 2. The predicted molar refractivity (Wildman–Crippen MR) is 130 cm³/mol. The highest BCUT2D eigenvalue weighted by Gasteiger charge is 2.28. The second kappa shape index (κ2) is 11.1. The molecule has 0 aliphatic rings. The number of ether oxygens (including phenoxy) is 1. The van der Waals surface area contributed by atoms with E-state index in [9.17, 15) is 9.59 Å². The van der Waals surface area contributed by atoms with Gasteiger partial charge in [0.05, 0.1) is 0 Å². The van der Waals surface area contributed by atoms with Crippen LogP contribution in [0.5, 0.6) is 5.75 Å². The van der Waals surface area contributed by atoms with E-state index in [0.717, 1.165) is 0 Å². The molecule has 1 N–H and O–H groups in total. The smallest absolute Gasteiger partial charge is 0.261 e. The van der Waals surface area contributed by atoms with Crippen LogP contribution in [-0.4, -0.2) is 35.4 Å². The Hall–Kier alpha value is -2.24. The van der Waals surface area contributed by atoms with Gasteiger partial charge in [0, 0.05) is 28.2 Å². The molecule has 2 amide bonds. The summed E-state index contributed by atoms with van der Waals surface area (Å²) in [7, 11) is 0. The van der Waals surface area contributed by atoms with Crippen molar-refractivity contribution in [2.75, 3.05) is 6.61 Å². The van der Waals surface area contributed by atoms with Gasteiger partial charge in [-0.2, -0.15) is 0 Å². The van der Waals surface area contributed by atoms with E-state index < -0.39 is 6.04 Å². The van der Waals surface area contributed by atoms with Crippen molar-refractivity contribution >= 4 is 35.0 Å². The molecule has 0 fully saturated rings. The lowest BCUT2D eigenvalue weighted by Crippen LogP contribution is -2.50. The Bertz CT molecular complexity index is 917. The number of rotatable bonds is 8. The van der Waals surface area contributed by atoms with Gasteiger partial charge >= 0.3 is 0 Å². The molecule has 0 aliphatic heterocycles. The van der Waals surface area contributed by atoms with Crippen LogP contribution in [0.4, 0.5) is 0 Å². The van der Waals surface area contributed by atoms with Gasteiger partial charge in [-0.05, 0) is 56.0 Å². The average molecular weight is 479 g/mol. The lowest BCUT2D eigenvalue weighted by atomic mass is 9.87. The monoisotopic (exact) mass is 478 g/mol. The summed E-state index contributed by atoms with van der Waals surface area (Å²) in [5.41, 5.74) is 1.78. The van der Waals surface area contributed by atoms with Crippen molar-refractivity contribution in [3.8, 4) is 5.75 Å². The molecule has 0 radical (unpaired) electrons. The van der Waals surface area contributed by atoms with Crippen molar-refractivity contribution in [1.82, 2.24) is 10.2 Å². The van der Waals surface area contributed by atoms with E-state index in [-0.39, 0.29) is 36.4 Å². The highest BCUT2D eigenvalue weighted by Crippen LogP contribution is 2.27. The number of carbonyl (C=O) groups is 2. The molecule has 0 aromatic heterocycles. The number of hydrogen-bond donors (Lipinski definition) is 1. The largest absolute Gasteiger partial charge is 0.484 e. The van der Waals surface area contributed by atoms with E-state index in [2.05, 4.69) is 26.1 Å². The molecule has 2 rings (SSSR count). The third-order valence-electron chi connectivity index (χ3n) is 5.07. The van der Waals surface area contributed by atoms with Crippen LogP contribution in [-0.2, 0) is 21.5 Å². The van der Waals surface area contributed by atoms with E-state index >= 15 is 0 Å². The summed E-state index contributed by atoms with van der Waals surface area (Å²) in [5.74, 6) is -0.0142. The third kappa shape index (κ3) is 7.14. The zero-order valence-electron chi connectivity index (χ0n) is 19.5. The van der Waals surface area contributed by atoms with Crippen LogP contribution >= 0.6 is 23.2 Å². The molecule has 2 aromatic carbocycles. The van der Waals surface area contributed by atoms with Gasteiger partial charge < -0.3 is 15.0 Å². The minimum atomic E-state index is -0.732. The van der Waals surface area contributed by atoms with E-state index in [4.69, 9.17) is 27.9 Å². The molecule has 7 heteroatoms. The minimum Gasteiger partial charge on any atom is -0.484 e. The van der Waals surface area contributed by atoms with E-state index in [1.807, 2.05) is 38.1 Å². The Morgan fingerprint density at radius 1 is 1.00 bits per heavy atom. The number of nitrogens with one attached hydrogen (secondary N) is 1. The zero-order valence-corrected chi connectivity index (χ0v) is 21.1. The normalized spacial score (nSPS) is 12.4. The van der Waals surface area contributed by atoms with Crippen LogP contribution in [0.1, 0.15) is 52.7 Å². The SMILES string of the molecule is CC(C)NC(=O)[C@H](C)N(Cc1c(Cl)cccc1Cl)C(=O)COc1ccc(C(C)(C)C)cc1. The maximum Gasteiger partial charge on any atom is 0.261 e. The highest BCUT2D eigenvalue weighted by atomic mass is 35.5. The van der Waals surface area contributed by atoms with Gasteiger partial charge in [-0.1, -0.05) is 62.2 Å². The third-order valence-corrected chi connectivity index (χ3v) is 5.78. The summed E-state index contributed by atoms with van der Waals surface area (Å²) in [6, 6.07) is 12.0. The summed E-state index contributed by atoms with van der Waals surface area (Å²) in [6.45, 7) is 11.7. The van der Waals surface area contributed by atoms with Crippen molar-refractivity contribution in [1.29, 1.82) is 0 Å². The first-order valence-corrected chi connectivity index (χ1v) is 11.4. The summed E-state index contributed by atoms with van der Waals surface area (Å²) in [5, 5.41) is 3.72. The fraction of sp³-hybridized carbons (Fsp3) is 0.440. The van der Waals surface area contributed by atoms with Crippen molar-refractivity contribution in [2.24, 2.45) is 0 Å². The Labute approximate surface area is 201 Å². The molecule has 0 saturated heterocycles. The van der Waals surface area contributed by atoms with Gasteiger partial charge in [0.25, 0.3) is 5.91 Å². The molecule has 5 nitrogen and oxygen atoms in total. The Morgan fingerprint density at radius 2 is 1.56 bits per heavy atom. The minimum absolute atomic E-state index is 0.0264. The zero-order chi connectivity index (χ0) is 24.1. The summed E-state index contributed by atoms with van der Waals surface area (Å²) in [4.78, 5) is 27.2. The molecular weight excluding hydrogens is 447 g/mol. The van der Waals surface area contributed by atoms with Gasteiger partial charge in [0.1, 0.15) is 11.8 Å². The lowest BCUT2D eigenvalue weighted by molar-refractivity contribution is -0.142.